The second kappa shape index (κ2) is 8.51. The molecule has 5 nitrogen and oxygen atoms in total. The lowest BCUT2D eigenvalue weighted by Crippen LogP contribution is -2.25. The smallest absolute Gasteiger partial charge is 0.252 e. The number of nitrogens with one attached hydrogen (secondary N) is 1. The van der Waals surface area contributed by atoms with Crippen LogP contribution in [0.1, 0.15) is 31.2 Å². The monoisotopic (exact) mass is 381 g/mol. The largest absolute Gasteiger partial charge is 0.493 e. The molecule has 6 heteroatoms. The molecule has 0 aliphatic carbocycles. The van der Waals surface area contributed by atoms with Gasteiger partial charge < -0.3 is 14.8 Å². The van der Waals surface area contributed by atoms with Crippen LogP contribution >= 0.6 is 11.3 Å². The van der Waals surface area contributed by atoms with E-state index in [4.69, 9.17) is 9.47 Å². The summed E-state index contributed by atoms with van der Waals surface area (Å²) < 4.78 is 10.7. The minimum Gasteiger partial charge on any atom is -0.493 e. The molecule has 0 spiro atoms. The van der Waals surface area contributed by atoms with Gasteiger partial charge in [-0.3, -0.25) is 9.59 Å². The Hall–Kier alpha value is -3.12. The lowest BCUT2D eigenvalue weighted by molar-refractivity contribution is 0.0940. The summed E-state index contributed by atoms with van der Waals surface area (Å²) in [5.74, 6) is 0.691. The molecule has 0 bridgehead atoms. The summed E-state index contributed by atoms with van der Waals surface area (Å²) in [7, 11) is 3.12. The molecular formula is C21H19NO4S. The number of rotatable bonds is 7. The minimum atomic E-state index is -0.319. The highest BCUT2D eigenvalue weighted by Gasteiger charge is 2.19. The maximum Gasteiger partial charge on any atom is 0.252 e. The molecule has 3 aromatic rings. The number of hydrogen-bond acceptors (Lipinski definition) is 5. The van der Waals surface area contributed by atoms with Crippen molar-refractivity contribution in [2.45, 2.75) is 6.54 Å². The molecule has 2 aromatic carbocycles. The van der Waals surface area contributed by atoms with Crippen LogP contribution in [0.2, 0.25) is 0 Å². The number of ketones is 1. The molecule has 3 rings (SSSR count). The maximum absolute atomic E-state index is 12.7. The second-order valence-corrected chi connectivity index (χ2v) is 6.64. The summed E-state index contributed by atoms with van der Waals surface area (Å²) in [6.07, 6.45) is 0. The Morgan fingerprint density at radius 2 is 1.70 bits per heavy atom. The van der Waals surface area contributed by atoms with Gasteiger partial charge in [-0.25, -0.2) is 0 Å². The van der Waals surface area contributed by atoms with Gasteiger partial charge >= 0.3 is 0 Å². The van der Waals surface area contributed by atoms with Crippen LogP contribution in [-0.2, 0) is 6.54 Å². The van der Waals surface area contributed by atoms with Crippen molar-refractivity contribution in [3.63, 3.8) is 0 Å². The van der Waals surface area contributed by atoms with Gasteiger partial charge in [0.15, 0.2) is 11.5 Å². The van der Waals surface area contributed by atoms with E-state index in [0.29, 0.717) is 27.5 Å². The Kier molecular flexibility index (Phi) is 5.88. The molecule has 0 unspecified atom stereocenters. The fourth-order valence-electron chi connectivity index (χ4n) is 2.78. The summed E-state index contributed by atoms with van der Waals surface area (Å²) in [5, 5.41) is 4.70. The van der Waals surface area contributed by atoms with Gasteiger partial charge in [0.1, 0.15) is 0 Å². The quantitative estimate of drug-likeness (QED) is 0.630. The van der Waals surface area contributed by atoms with Gasteiger partial charge in [0, 0.05) is 17.7 Å². The van der Waals surface area contributed by atoms with E-state index in [0.717, 1.165) is 5.56 Å². The zero-order valence-electron chi connectivity index (χ0n) is 15.0. The molecule has 1 heterocycles. The first kappa shape index (κ1) is 18.7. The van der Waals surface area contributed by atoms with Crippen LogP contribution in [0.3, 0.4) is 0 Å². The number of carbonyl (C=O) groups excluding carboxylic acids is 2. The first-order valence-electron chi connectivity index (χ1n) is 8.31. The van der Waals surface area contributed by atoms with Crippen molar-refractivity contribution in [3.8, 4) is 11.5 Å². The van der Waals surface area contributed by atoms with Crippen LogP contribution in [0, 0.1) is 0 Å². The van der Waals surface area contributed by atoms with Gasteiger partial charge in [-0.15, -0.1) is 11.3 Å². The van der Waals surface area contributed by atoms with Gasteiger partial charge in [0.05, 0.1) is 24.7 Å². The van der Waals surface area contributed by atoms with E-state index in [1.165, 1.54) is 11.3 Å². The maximum atomic E-state index is 12.7. The molecule has 0 atom stereocenters. The number of methoxy groups -OCH3 is 2. The summed E-state index contributed by atoms with van der Waals surface area (Å²) in [4.78, 5) is 26.0. The predicted octanol–water partition coefficient (Wildman–Crippen LogP) is 3.93. The Morgan fingerprint density at radius 1 is 0.926 bits per heavy atom. The van der Waals surface area contributed by atoms with Gasteiger partial charge in [0.25, 0.3) is 5.91 Å². The fraction of sp³-hybridized carbons (Fsp3) is 0.143. The molecule has 138 valence electrons. The summed E-state index contributed by atoms with van der Waals surface area (Å²) in [5.41, 5.74) is 1.51. The highest BCUT2D eigenvalue weighted by Crippen LogP contribution is 2.30. The van der Waals surface area contributed by atoms with Crippen molar-refractivity contribution in [1.29, 1.82) is 0 Å². The van der Waals surface area contributed by atoms with Crippen molar-refractivity contribution >= 4 is 23.0 Å². The number of ether oxygens (including phenoxy) is 2. The topological polar surface area (TPSA) is 64.6 Å². The van der Waals surface area contributed by atoms with Gasteiger partial charge in [-0.2, -0.15) is 0 Å². The number of hydrogen-bond donors (Lipinski definition) is 1. The Morgan fingerprint density at radius 3 is 2.37 bits per heavy atom. The minimum absolute atomic E-state index is 0.158. The number of para-hydroxylation sites is 1. The van der Waals surface area contributed by atoms with Gasteiger partial charge in [-0.1, -0.05) is 36.4 Å². The van der Waals surface area contributed by atoms with E-state index in [2.05, 4.69) is 5.32 Å². The summed E-state index contributed by atoms with van der Waals surface area (Å²) in [6.45, 7) is 0.251. The normalized spacial score (nSPS) is 10.3. The highest BCUT2D eigenvalue weighted by molar-refractivity contribution is 7.12. The number of thiophene rings is 1. The van der Waals surface area contributed by atoms with Crippen molar-refractivity contribution in [2.75, 3.05) is 14.2 Å². The van der Waals surface area contributed by atoms with E-state index in [9.17, 15) is 9.59 Å². The average Bonchev–Trinajstić information content (AvgIpc) is 3.25. The first-order valence-corrected chi connectivity index (χ1v) is 9.19. The van der Waals surface area contributed by atoms with E-state index in [-0.39, 0.29) is 18.2 Å². The molecule has 1 N–H and O–H groups in total. The molecule has 0 fully saturated rings. The molecule has 1 amide bonds. The van der Waals surface area contributed by atoms with Crippen molar-refractivity contribution in [3.05, 3.63) is 81.5 Å². The third-order valence-corrected chi connectivity index (χ3v) is 4.95. The van der Waals surface area contributed by atoms with Crippen LogP contribution in [0.5, 0.6) is 11.5 Å². The fourth-order valence-corrected chi connectivity index (χ4v) is 3.46. The van der Waals surface area contributed by atoms with Crippen LogP contribution < -0.4 is 14.8 Å². The molecule has 1 aromatic heterocycles. The average molecular weight is 381 g/mol. The first-order chi connectivity index (χ1) is 13.2. The third-order valence-electron chi connectivity index (χ3n) is 4.09. The molecule has 0 aliphatic rings. The van der Waals surface area contributed by atoms with Crippen LogP contribution in [0.15, 0.2) is 60.0 Å². The van der Waals surface area contributed by atoms with Gasteiger partial charge in [0.2, 0.25) is 5.78 Å². The molecular weight excluding hydrogens is 362 g/mol. The van der Waals surface area contributed by atoms with Crippen molar-refractivity contribution < 1.29 is 19.1 Å². The van der Waals surface area contributed by atoms with Crippen molar-refractivity contribution in [1.82, 2.24) is 5.32 Å². The number of benzene rings is 2. The van der Waals surface area contributed by atoms with Crippen LogP contribution in [-0.4, -0.2) is 25.9 Å². The van der Waals surface area contributed by atoms with Gasteiger partial charge in [-0.05, 0) is 23.6 Å². The molecule has 0 saturated heterocycles. The Bertz CT molecular complexity index is 951. The molecule has 27 heavy (non-hydrogen) atoms. The molecule has 0 saturated carbocycles. The zero-order valence-corrected chi connectivity index (χ0v) is 15.8. The van der Waals surface area contributed by atoms with Crippen LogP contribution in [0.4, 0.5) is 0 Å². The Labute approximate surface area is 161 Å². The molecule has 0 aliphatic heterocycles. The SMILES string of the molecule is COc1cccc(CNC(=O)c2ccccc2C(=O)c2cccs2)c1OC. The lowest BCUT2D eigenvalue weighted by atomic mass is 10.0. The predicted molar refractivity (Wildman–Crippen MR) is 105 cm³/mol. The van der Waals surface area contributed by atoms with E-state index < -0.39 is 0 Å². The zero-order chi connectivity index (χ0) is 19.2. The summed E-state index contributed by atoms with van der Waals surface area (Å²) >= 11 is 1.35. The Balaban J connectivity index is 1.81. The second-order valence-electron chi connectivity index (χ2n) is 5.69. The summed E-state index contributed by atoms with van der Waals surface area (Å²) in [6, 6.07) is 15.9. The van der Waals surface area contributed by atoms with E-state index >= 15 is 0 Å². The number of amides is 1. The van der Waals surface area contributed by atoms with Crippen LogP contribution in [0.25, 0.3) is 0 Å². The van der Waals surface area contributed by atoms with E-state index in [1.54, 1.807) is 50.6 Å². The third kappa shape index (κ3) is 4.01. The van der Waals surface area contributed by atoms with Crippen molar-refractivity contribution in [2.24, 2.45) is 0 Å². The van der Waals surface area contributed by atoms with E-state index in [1.807, 2.05) is 23.6 Å². The molecule has 0 radical (unpaired) electrons. The standard InChI is InChI=1S/C21H19NO4S/c1-25-17-10-5-7-14(20(17)26-2)13-22-21(24)16-9-4-3-8-15(16)19(23)18-11-6-12-27-18/h3-12H,13H2,1-2H3,(H,22,24). The lowest BCUT2D eigenvalue weighted by Gasteiger charge is -2.14. The highest BCUT2D eigenvalue weighted by atomic mass is 32.1. The number of carbonyl (C=O) groups is 2.